The van der Waals surface area contributed by atoms with Crippen molar-refractivity contribution in [3.8, 4) is 0 Å². The van der Waals surface area contributed by atoms with E-state index in [0.717, 1.165) is 30.6 Å². The fourth-order valence-electron chi connectivity index (χ4n) is 2.71. The molecule has 0 spiro atoms. The van der Waals surface area contributed by atoms with Gasteiger partial charge >= 0.3 is 0 Å². The van der Waals surface area contributed by atoms with Crippen LogP contribution in [0.15, 0.2) is 6.07 Å². The fourth-order valence-corrected chi connectivity index (χ4v) is 3.88. The van der Waals surface area contributed by atoms with E-state index >= 15 is 0 Å². The highest BCUT2D eigenvalue weighted by Gasteiger charge is 2.29. The Morgan fingerprint density at radius 3 is 2.95 bits per heavy atom. The first-order chi connectivity index (χ1) is 9.24. The van der Waals surface area contributed by atoms with Crippen LogP contribution in [0.1, 0.15) is 52.2 Å². The van der Waals surface area contributed by atoms with E-state index in [1.165, 1.54) is 29.7 Å². The standard InChI is InChI=1S/C15H21NO2S/c17-12(10-6-7-10)9-16-15(18)14-8-11-4-2-1-3-5-13(11)19-14/h8,10,12,17H,1-7,9H2,(H,16,18). The molecule has 3 rings (SSSR count). The summed E-state index contributed by atoms with van der Waals surface area (Å²) in [7, 11) is 0. The average Bonchev–Trinajstić information content (AvgIpc) is 3.21. The lowest BCUT2D eigenvalue weighted by Crippen LogP contribution is -2.32. The minimum Gasteiger partial charge on any atom is -0.391 e. The van der Waals surface area contributed by atoms with Crippen molar-refractivity contribution in [1.82, 2.24) is 5.32 Å². The van der Waals surface area contributed by atoms with Gasteiger partial charge in [0.15, 0.2) is 0 Å². The second kappa shape index (κ2) is 5.63. The third kappa shape index (κ3) is 3.18. The lowest BCUT2D eigenvalue weighted by molar-refractivity contribution is 0.0905. The number of hydrogen-bond acceptors (Lipinski definition) is 3. The number of nitrogens with one attached hydrogen (secondary N) is 1. The highest BCUT2D eigenvalue weighted by molar-refractivity contribution is 7.14. The van der Waals surface area contributed by atoms with Crippen molar-refractivity contribution in [3.05, 3.63) is 21.4 Å². The zero-order valence-electron chi connectivity index (χ0n) is 11.2. The van der Waals surface area contributed by atoms with Gasteiger partial charge in [-0.3, -0.25) is 4.79 Å². The molecule has 3 nitrogen and oxygen atoms in total. The molecule has 2 aliphatic rings. The van der Waals surface area contributed by atoms with Crippen molar-refractivity contribution in [2.75, 3.05) is 6.54 Å². The van der Waals surface area contributed by atoms with Crippen molar-refractivity contribution >= 4 is 17.2 Å². The van der Waals surface area contributed by atoms with Gasteiger partial charge in [-0.2, -0.15) is 0 Å². The number of aliphatic hydroxyl groups excluding tert-OH is 1. The molecule has 2 aliphatic carbocycles. The summed E-state index contributed by atoms with van der Waals surface area (Å²) in [5.74, 6) is 0.401. The monoisotopic (exact) mass is 279 g/mol. The van der Waals surface area contributed by atoms with E-state index in [1.807, 2.05) is 0 Å². The largest absolute Gasteiger partial charge is 0.391 e. The van der Waals surface area contributed by atoms with Crippen LogP contribution in [0.4, 0.5) is 0 Å². The Hall–Kier alpha value is -0.870. The Labute approximate surface area is 118 Å². The predicted octanol–water partition coefficient (Wildman–Crippen LogP) is 2.52. The van der Waals surface area contributed by atoms with E-state index < -0.39 is 0 Å². The highest BCUT2D eigenvalue weighted by atomic mass is 32.1. The Balaban J connectivity index is 1.60. The first-order valence-electron chi connectivity index (χ1n) is 7.32. The molecule has 1 atom stereocenters. The first-order valence-corrected chi connectivity index (χ1v) is 8.13. The third-order valence-electron chi connectivity index (χ3n) is 4.11. The van der Waals surface area contributed by atoms with Gasteiger partial charge in [-0.05, 0) is 56.1 Å². The molecule has 1 unspecified atom stereocenters. The van der Waals surface area contributed by atoms with Crippen LogP contribution in [0.3, 0.4) is 0 Å². The van der Waals surface area contributed by atoms with Crippen LogP contribution in [0.2, 0.25) is 0 Å². The molecule has 1 amide bonds. The molecule has 0 bridgehead atoms. The molecular weight excluding hydrogens is 258 g/mol. The molecule has 19 heavy (non-hydrogen) atoms. The lowest BCUT2D eigenvalue weighted by Gasteiger charge is -2.09. The summed E-state index contributed by atoms with van der Waals surface area (Å²) >= 11 is 1.64. The van der Waals surface area contributed by atoms with Gasteiger partial charge in [0.05, 0.1) is 11.0 Å². The third-order valence-corrected chi connectivity index (χ3v) is 5.34. The van der Waals surface area contributed by atoms with Crippen LogP contribution in [0.5, 0.6) is 0 Å². The summed E-state index contributed by atoms with van der Waals surface area (Å²) in [4.78, 5) is 14.3. The summed E-state index contributed by atoms with van der Waals surface area (Å²) < 4.78 is 0. The molecule has 0 aliphatic heterocycles. The second-order valence-corrected chi connectivity index (χ2v) is 6.87. The van der Waals surface area contributed by atoms with E-state index in [4.69, 9.17) is 0 Å². The van der Waals surface area contributed by atoms with Crippen molar-refractivity contribution in [2.45, 2.75) is 51.0 Å². The van der Waals surface area contributed by atoms with Crippen LogP contribution in [-0.2, 0) is 12.8 Å². The number of amides is 1. The van der Waals surface area contributed by atoms with Crippen LogP contribution in [0.25, 0.3) is 0 Å². The Kier molecular flexibility index (Phi) is 3.89. The molecule has 2 N–H and O–H groups in total. The molecule has 1 heterocycles. The van der Waals surface area contributed by atoms with E-state index in [9.17, 15) is 9.90 Å². The second-order valence-electron chi connectivity index (χ2n) is 5.73. The van der Waals surface area contributed by atoms with Gasteiger partial charge in [-0.25, -0.2) is 0 Å². The smallest absolute Gasteiger partial charge is 0.261 e. The van der Waals surface area contributed by atoms with Gasteiger partial charge in [-0.15, -0.1) is 11.3 Å². The SMILES string of the molecule is O=C(NCC(O)C1CC1)c1cc2c(s1)CCCCC2. The average molecular weight is 279 g/mol. The predicted molar refractivity (Wildman–Crippen MR) is 76.6 cm³/mol. The number of carbonyl (C=O) groups excluding carboxylic acids is 1. The van der Waals surface area contributed by atoms with Crippen molar-refractivity contribution in [2.24, 2.45) is 5.92 Å². The molecule has 4 heteroatoms. The normalized spacial score (nSPS) is 20.5. The van der Waals surface area contributed by atoms with Gasteiger partial charge in [0.25, 0.3) is 5.91 Å². The highest BCUT2D eigenvalue weighted by Crippen LogP contribution is 2.32. The summed E-state index contributed by atoms with van der Waals surface area (Å²) in [6, 6.07) is 2.06. The first kappa shape index (κ1) is 13.1. The summed E-state index contributed by atoms with van der Waals surface area (Å²) in [6.07, 6.45) is 7.87. The molecule has 0 radical (unpaired) electrons. The van der Waals surface area contributed by atoms with Gasteiger partial charge < -0.3 is 10.4 Å². The number of thiophene rings is 1. The molecular formula is C15H21NO2S. The van der Waals surface area contributed by atoms with Crippen molar-refractivity contribution in [1.29, 1.82) is 0 Å². The molecule has 104 valence electrons. The molecule has 1 aromatic rings. The number of aliphatic hydroxyl groups is 1. The molecule has 1 aromatic heterocycles. The maximum absolute atomic E-state index is 12.1. The van der Waals surface area contributed by atoms with E-state index in [2.05, 4.69) is 11.4 Å². The van der Waals surface area contributed by atoms with Crippen LogP contribution in [-0.4, -0.2) is 23.7 Å². The lowest BCUT2D eigenvalue weighted by atomic mass is 10.1. The molecule has 0 aromatic carbocycles. The van der Waals surface area contributed by atoms with E-state index in [1.54, 1.807) is 11.3 Å². The Morgan fingerprint density at radius 2 is 2.16 bits per heavy atom. The molecule has 0 saturated heterocycles. The summed E-state index contributed by atoms with van der Waals surface area (Å²) in [5, 5.41) is 12.6. The van der Waals surface area contributed by atoms with Gasteiger partial charge in [-0.1, -0.05) is 6.42 Å². The zero-order chi connectivity index (χ0) is 13.2. The number of aryl methyl sites for hydroxylation is 2. The van der Waals surface area contributed by atoms with E-state index in [-0.39, 0.29) is 12.0 Å². The van der Waals surface area contributed by atoms with Gasteiger partial charge in [0.1, 0.15) is 0 Å². The maximum atomic E-state index is 12.1. The number of fused-ring (bicyclic) bond motifs is 1. The zero-order valence-corrected chi connectivity index (χ0v) is 12.0. The Bertz CT molecular complexity index is 441. The number of rotatable bonds is 4. The molecule has 1 saturated carbocycles. The van der Waals surface area contributed by atoms with Crippen molar-refractivity contribution < 1.29 is 9.90 Å². The van der Waals surface area contributed by atoms with Crippen LogP contribution in [0, 0.1) is 5.92 Å². The van der Waals surface area contributed by atoms with E-state index in [0.29, 0.717) is 12.5 Å². The number of carbonyl (C=O) groups is 1. The molecule has 1 fully saturated rings. The fraction of sp³-hybridized carbons (Fsp3) is 0.667. The van der Waals surface area contributed by atoms with Gasteiger partial charge in [0.2, 0.25) is 0 Å². The Morgan fingerprint density at radius 1 is 1.37 bits per heavy atom. The topological polar surface area (TPSA) is 49.3 Å². The van der Waals surface area contributed by atoms with Crippen molar-refractivity contribution in [3.63, 3.8) is 0 Å². The van der Waals surface area contributed by atoms with Gasteiger partial charge in [0, 0.05) is 11.4 Å². The quantitative estimate of drug-likeness (QED) is 0.832. The van der Waals surface area contributed by atoms with Crippen LogP contribution < -0.4 is 5.32 Å². The van der Waals surface area contributed by atoms with Crippen LogP contribution >= 0.6 is 11.3 Å². The summed E-state index contributed by atoms with van der Waals surface area (Å²) in [5.41, 5.74) is 1.37. The maximum Gasteiger partial charge on any atom is 0.261 e. The number of hydrogen-bond donors (Lipinski definition) is 2. The minimum absolute atomic E-state index is 0.0160. The minimum atomic E-state index is -0.360. The summed E-state index contributed by atoms with van der Waals surface area (Å²) in [6.45, 7) is 0.395.